The van der Waals surface area contributed by atoms with Crippen molar-refractivity contribution >= 4 is 39.8 Å². The molecule has 12 heteroatoms. The van der Waals surface area contributed by atoms with E-state index in [1.807, 2.05) is 0 Å². The smallest absolute Gasteiger partial charge is 0.313 e. The summed E-state index contributed by atoms with van der Waals surface area (Å²) in [6.07, 6.45) is 1.49. The lowest BCUT2D eigenvalue weighted by Crippen LogP contribution is -2.19. The number of aryl methyl sites for hydroxylation is 1. The average molecular weight is 524 g/mol. The largest absolute Gasteiger partial charge is 0.456 e. The van der Waals surface area contributed by atoms with Gasteiger partial charge in [0.05, 0.1) is 21.7 Å². The Morgan fingerprint density at radius 1 is 0.974 bits per heavy atom. The van der Waals surface area contributed by atoms with E-state index in [0.29, 0.717) is 27.9 Å². The van der Waals surface area contributed by atoms with Crippen LogP contribution < -0.4 is 15.4 Å². The van der Waals surface area contributed by atoms with Crippen molar-refractivity contribution < 1.29 is 32.4 Å². The minimum Gasteiger partial charge on any atom is -0.456 e. The number of benzene rings is 3. The molecule has 9 nitrogen and oxygen atoms in total. The number of carbonyl (C=O) groups is 2. The van der Waals surface area contributed by atoms with Crippen molar-refractivity contribution in [1.82, 2.24) is 4.98 Å². The summed E-state index contributed by atoms with van der Waals surface area (Å²) in [5.74, 6) is -6.43. The highest BCUT2D eigenvalue weighted by Crippen LogP contribution is 2.35. The first-order chi connectivity index (χ1) is 18.0. The Bertz CT molecular complexity index is 1610. The molecule has 194 valence electrons. The Kier molecular flexibility index (Phi) is 6.98. The summed E-state index contributed by atoms with van der Waals surface area (Å²) >= 11 is 0. The maximum atomic E-state index is 14.7. The lowest BCUT2D eigenvalue weighted by molar-refractivity contribution is -0.388. The molecule has 0 atom stereocenters. The van der Waals surface area contributed by atoms with Crippen LogP contribution in [0.1, 0.15) is 28.4 Å². The fraction of sp³-hybridized carbons (Fsp3) is 0.115. The summed E-state index contributed by atoms with van der Waals surface area (Å²) in [6.45, 7) is 3.97. The molecule has 0 bridgehead atoms. The summed E-state index contributed by atoms with van der Waals surface area (Å²) in [6, 6.07) is 11.1. The zero-order valence-electron chi connectivity index (χ0n) is 20.2. The first-order valence-electron chi connectivity index (χ1n) is 11.1. The minimum absolute atomic E-state index is 0.0584. The van der Waals surface area contributed by atoms with Crippen LogP contribution in [-0.2, 0) is 4.79 Å². The Morgan fingerprint density at radius 3 is 2.39 bits per heavy atom. The molecule has 4 aromatic rings. The van der Waals surface area contributed by atoms with E-state index in [2.05, 4.69) is 15.6 Å². The van der Waals surface area contributed by atoms with Crippen LogP contribution in [0, 0.1) is 41.4 Å². The molecule has 0 aliphatic heterocycles. The number of hydrogen-bond acceptors (Lipinski definition) is 6. The van der Waals surface area contributed by atoms with Gasteiger partial charge in [0.2, 0.25) is 11.7 Å². The van der Waals surface area contributed by atoms with Crippen LogP contribution >= 0.6 is 0 Å². The first kappa shape index (κ1) is 26.1. The zero-order valence-corrected chi connectivity index (χ0v) is 20.2. The number of anilines is 2. The Balaban J connectivity index is 1.67. The number of fused-ring (bicyclic) bond motifs is 1. The van der Waals surface area contributed by atoms with Gasteiger partial charge in [0.15, 0.2) is 5.82 Å². The predicted molar refractivity (Wildman–Crippen MR) is 133 cm³/mol. The van der Waals surface area contributed by atoms with Crippen LogP contribution in [0.4, 0.5) is 30.2 Å². The molecular weight excluding hydrogens is 505 g/mol. The van der Waals surface area contributed by atoms with Crippen molar-refractivity contribution in [3.8, 4) is 11.5 Å². The van der Waals surface area contributed by atoms with E-state index in [9.17, 15) is 32.9 Å². The van der Waals surface area contributed by atoms with E-state index in [-0.39, 0.29) is 17.3 Å². The minimum atomic E-state index is -1.97. The molecule has 0 aliphatic rings. The molecule has 0 saturated heterocycles. The summed E-state index contributed by atoms with van der Waals surface area (Å²) in [5, 5.41) is 16.5. The molecule has 3 aromatic carbocycles. The number of ether oxygens (including phenoxy) is 1. The van der Waals surface area contributed by atoms with Gasteiger partial charge in [-0.25, -0.2) is 8.78 Å². The van der Waals surface area contributed by atoms with E-state index in [0.717, 1.165) is 6.92 Å². The van der Waals surface area contributed by atoms with E-state index < -0.39 is 45.1 Å². The standard InChI is InChI=1S/C26H19F3N4O5/c1-12-7-8-15(32-26(35)20-21(27)13(2)25(33(36)37)23(29)22(20)28)11-19(12)38-18-9-10-30-24-16(18)5-4-6-17(24)31-14(3)34/h4-11H,1-3H3,(H,31,34)(H,32,35). The third-order valence-corrected chi connectivity index (χ3v) is 5.64. The van der Waals surface area contributed by atoms with Crippen molar-refractivity contribution in [2.45, 2.75) is 20.8 Å². The molecule has 2 N–H and O–H groups in total. The van der Waals surface area contributed by atoms with E-state index in [4.69, 9.17) is 4.74 Å². The zero-order chi connectivity index (χ0) is 27.7. The van der Waals surface area contributed by atoms with Gasteiger partial charge in [-0.15, -0.1) is 0 Å². The van der Waals surface area contributed by atoms with Gasteiger partial charge in [0.1, 0.15) is 22.9 Å². The first-order valence-corrected chi connectivity index (χ1v) is 11.1. The van der Waals surface area contributed by atoms with Gasteiger partial charge in [0, 0.05) is 30.3 Å². The number of hydrogen-bond donors (Lipinski definition) is 2. The Labute approximate surface area is 213 Å². The highest BCUT2D eigenvalue weighted by Gasteiger charge is 2.33. The molecule has 4 rings (SSSR count). The van der Waals surface area contributed by atoms with Crippen molar-refractivity contribution in [2.24, 2.45) is 0 Å². The van der Waals surface area contributed by atoms with Crippen LogP contribution in [0.5, 0.6) is 11.5 Å². The molecule has 0 unspecified atom stereocenters. The number of para-hydroxylation sites is 1. The number of aromatic nitrogens is 1. The maximum Gasteiger partial charge on any atom is 0.313 e. The Hall–Kier alpha value is -5.00. The number of rotatable bonds is 6. The van der Waals surface area contributed by atoms with Crippen molar-refractivity contribution in [3.05, 3.63) is 92.9 Å². The molecule has 38 heavy (non-hydrogen) atoms. The summed E-state index contributed by atoms with van der Waals surface area (Å²) < 4.78 is 49.4. The van der Waals surface area contributed by atoms with Crippen molar-refractivity contribution in [2.75, 3.05) is 10.6 Å². The predicted octanol–water partition coefficient (Wildman–Crippen LogP) is 6.18. The van der Waals surface area contributed by atoms with Crippen LogP contribution in [-0.4, -0.2) is 21.7 Å². The molecule has 2 amide bonds. The normalized spacial score (nSPS) is 10.8. The number of nitro benzene ring substituents is 1. The third-order valence-electron chi connectivity index (χ3n) is 5.64. The number of pyridine rings is 1. The topological polar surface area (TPSA) is 123 Å². The van der Waals surface area contributed by atoms with Gasteiger partial charge in [0.25, 0.3) is 5.91 Å². The highest BCUT2D eigenvalue weighted by molar-refractivity contribution is 6.05. The van der Waals surface area contributed by atoms with Gasteiger partial charge >= 0.3 is 5.69 Å². The fourth-order valence-corrected chi connectivity index (χ4v) is 3.81. The number of nitrogens with zero attached hydrogens (tertiary/aromatic N) is 2. The van der Waals surface area contributed by atoms with Crippen LogP contribution in [0.3, 0.4) is 0 Å². The number of carbonyl (C=O) groups excluding carboxylic acids is 2. The maximum absolute atomic E-state index is 14.7. The molecule has 0 radical (unpaired) electrons. The van der Waals surface area contributed by atoms with Gasteiger partial charge in [-0.05, 0) is 43.7 Å². The van der Waals surface area contributed by atoms with E-state index in [1.165, 1.54) is 25.3 Å². The number of nitro groups is 1. The highest BCUT2D eigenvalue weighted by atomic mass is 19.2. The Morgan fingerprint density at radius 2 is 1.71 bits per heavy atom. The summed E-state index contributed by atoms with van der Waals surface area (Å²) in [7, 11) is 0. The summed E-state index contributed by atoms with van der Waals surface area (Å²) in [5.41, 5.74) is -1.83. The molecule has 1 heterocycles. The second kappa shape index (κ2) is 10.2. The molecule has 1 aromatic heterocycles. The second-order valence-corrected chi connectivity index (χ2v) is 8.28. The second-order valence-electron chi connectivity index (χ2n) is 8.28. The lowest BCUT2D eigenvalue weighted by Gasteiger charge is -2.15. The third kappa shape index (κ3) is 4.83. The van der Waals surface area contributed by atoms with E-state index >= 15 is 0 Å². The molecule has 0 fully saturated rings. The van der Waals surface area contributed by atoms with Crippen LogP contribution in [0.25, 0.3) is 10.9 Å². The SMILES string of the molecule is CC(=O)Nc1cccc2c(Oc3cc(NC(=O)c4c(F)c(C)c([N+](=O)[O-])c(F)c4F)ccc3C)ccnc12. The van der Waals surface area contributed by atoms with Crippen LogP contribution in [0.2, 0.25) is 0 Å². The molecular formula is C26H19F3N4O5. The van der Waals surface area contributed by atoms with Crippen molar-refractivity contribution in [3.63, 3.8) is 0 Å². The molecule has 0 aliphatic carbocycles. The van der Waals surface area contributed by atoms with E-state index in [1.54, 1.807) is 37.3 Å². The van der Waals surface area contributed by atoms with Crippen molar-refractivity contribution in [1.29, 1.82) is 0 Å². The molecule has 0 spiro atoms. The monoisotopic (exact) mass is 524 g/mol. The fourth-order valence-electron chi connectivity index (χ4n) is 3.81. The van der Waals surface area contributed by atoms with Gasteiger partial charge in [-0.3, -0.25) is 24.7 Å². The molecule has 0 saturated carbocycles. The number of amides is 2. The lowest BCUT2D eigenvalue weighted by atomic mass is 10.1. The quantitative estimate of drug-likeness (QED) is 0.176. The average Bonchev–Trinajstić information content (AvgIpc) is 2.85. The summed E-state index contributed by atoms with van der Waals surface area (Å²) in [4.78, 5) is 38.2. The van der Waals surface area contributed by atoms with Crippen LogP contribution in [0.15, 0.2) is 48.7 Å². The van der Waals surface area contributed by atoms with Gasteiger partial charge in [-0.1, -0.05) is 12.1 Å². The van der Waals surface area contributed by atoms with Gasteiger partial charge in [-0.2, -0.15) is 4.39 Å². The number of halogens is 3. The van der Waals surface area contributed by atoms with Gasteiger partial charge < -0.3 is 15.4 Å². The number of nitrogens with one attached hydrogen (secondary N) is 2.